The van der Waals surface area contributed by atoms with Crippen LogP contribution in [0.3, 0.4) is 0 Å². The summed E-state index contributed by atoms with van der Waals surface area (Å²) in [5, 5.41) is 4.98. The molecule has 0 aliphatic carbocycles. The molecule has 0 spiro atoms. The molecule has 3 N–H and O–H groups in total. The lowest BCUT2D eigenvalue weighted by atomic mass is 9.95. The number of fused-ring (bicyclic) bond motifs is 1. The summed E-state index contributed by atoms with van der Waals surface area (Å²) in [6.45, 7) is 12.5. The van der Waals surface area contributed by atoms with E-state index in [1.54, 1.807) is 11.8 Å². The van der Waals surface area contributed by atoms with Crippen LogP contribution in [0.2, 0.25) is 5.02 Å². The van der Waals surface area contributed by atoms with E-state index in [9.17, 15) is 0 Å². The number of halogens is 1. The molecule has 0 unspecified atom stereocenters. The lowest BCUT2D eigenvalue weighted by Gasteiger charge is -2.12. The van der Waals surface area contributed by atoms with Gasteiger partial charge in [0.05, 0.1) is 0 Å². The molecule has 0 saturated heterocycles. The highest BCUT2D eigenvalue weighted by atomic mass is 35.5. The van der Waals surface area contributed by atoms with Crippen molar-refractivity contribution in [2.45, 2.75) is 63.7 Å². The number of anilines is 1. The van der Waals surface area contributed by atoms with Gasteiger partial charge in [-0.05, 0) is 42.1 Å². The second-order valence-corrected chi connectivity index (χ2v) is 10.4. The molecular formula is C23H31ClN6S. The molecule has 0 saturated carbocycles. The van der Waals surface area contributed by atoms with Crippen molar-refractivity contribution in [1.29, 1.82) is 0 Å². The second kappa shape index (κ2) is 10.0. The predicted molar refractivity (Wildman–Crippen MR) is 132 cm³/mol. The molecule has 8 heteroatoms. The largest absolute Gasteiger partial charge is 0.382 e. The van der Waals surface area contributed by atoms with E-state index >= 15 is 0 Å². The van der Waals surface area contributed by atoms with Crippen LogP contribution in [0.15, 0.2) is 40.7 Å². The molecule has 0 aliphatic rings. The number of rotatable bonds is 8. The normalized spacial score (nSPS) is 12.5. The third-order valence-corrected chi connectivity index (χ3v) is 5.70. The van der Waals surface area contributed by atoms with E-state index < -0.39 is 0 Å². The van der Waals surface area contributed by atoms with Gasteiger partial charge >= 0.3 is 0 Å². The minimum Gasteiger partial charge on any atom is -0.382 e. The first-order chi connectivity index (χ1) is 14.6. The molecule has 3 rings (SSSR count). The molecule has 0 radical (unpaired) electrons. The van der Waals surface area contributed by atoms with Crippen LogP contribution in [0, 0.1) is 5.41 Å². The van der Waals surface area contributed by atoms with E-state index in [0.29, 0.717) is 22.4 Å². The van der Waals surface area contributed by atoms with Crippen molar-refractivity contribution in [2.24, 2.45) is 5.41 Å². The Morgan fingerprint density at radius 1 is 1.23 bits per heavy atom. The monoisotopic (exact) mass is 458 g/mol. The van der Waals surface area contributed by atoms with Gasteiger partial charge in [0.25, 0.3) is 0 Å². The molecule has 31 heavy (non-hydrogen) atoms. The number of nitrogen functional groups attached to an aromatic ring is 1. The van der Waals surface area contributed by atoms with Gasteiger partial charge < -0.3 is 15.6 Å². The molecule has 0 aliphatic heterocycles. The van der Waals surface area contributed by atoms with E-state index in [1.807, 2.05) is 12.1 Å². The van der Waals surface area contributed by atoms with Gasteiger partial charge in [-0.3, -0.25) is 0 Å². The number of benzene rings is 1. The summed E-state index contributed by atoms with van der Waals surface area (Å²) in [4.78, 5) is 14.3. The maximum absolute atomic E-state index is 6.42. The van der Waals surface area contributed by atoms with Crippen LogP contribution in [0.5, 0.6) is 0 Å². The Morgan fingerprint density at radius 3 is 2.71 bits per heavy atom. The number of nitrogens with zero attached hydrogens (tertiary/aromatic N) is 4. The number of nitrogens with two attached hydrogens (primary N) is 1. The van der Waals surface area contributed by atoms with E-state index in [-0.39, 0.29) is 5.41 Å². The summed E-state index contributed by atoms with van der Waals surface area (Å²) in [6.07, 6.45) is 6.74. The SMILES string of the molecule is CC(C)NCCCn1c(Sc2cc(Cl)cc(C=CC(C)(C)C)c2)nc2c(N)ncnc21. The molecule has 0 bridgehead atoms. The highest BCUT2D eigenvalue weighted by Gasteiger charge is 2.16. The molecule has 0 fully saturated rings. The van der Waals surface area contributed by atoms with Crippen LogP contribution in [0.25, 0.3) is 17.2 Å². The molecule has 0 atom stereocenters. The van der Waals surface area contributed by atoms with E-state index in [1.165, 1.54) is 6.33 Å². The van der Waals surface area contributed by atoms with Crippen LogP contribution in [-0.4, -0.2) is 32.1 Å². The Bertz CT molecular complexity index is 1070. The fourth-order valence-electron chi connectivity index (χ4n) is 3.03. The van der Waals surface area contributed by atoms with Gasteiger partial charge in [-0.2, -0.15) is 0 Å². The minimum atomic E-state index is 0.101. The van der Waals surface area contributed by atoms with Gasteiger partial charge in [0.1, 0.15) is 6.33 Å². The molecule has 0 amide bonds. The average molecular weight is 459 g/mol. The quantitative estimate of drug-likeness (QED) is 0.424. The fourth-order valence-corrected chi connectivity index (χ4v) is 4.36. The van der Waals surface area contributed by atoms with E-state index in [4.69, 9.17) is 22.3 Å². The van der Waals surface area contributed by atoms with Gasteiger partial charge in [0.2, 0.25) is 0 Å². The van der Waals surface area contributed by atoms with Crippen molar-refractivity contribution >= 4 is 46.4 Å². The highest BCUT2D eigenvalue weighted by molar-refractivity contribution is 7.99. The second-order valence-electron chi connectivity index (χ2n) is 8.96. The lowest BCUT2D eigenvalue weighted by Crippen LogP contribution is -2.24. The van der Waals surface area contributed by atoms with Crippen LogP contribution < -0.4 is 11.1 Å². The Morgan fingerprint density at radius 2 is 2.00 bits per heavy atom. The first-order valence-corrected chi connectivity index (χ1v) is 11.7. The number of nitrogens with one attached hydrogen (secondary N) is 1. The molecule has 3 aromatic rings. The average Bonchev–Trinajstić information content (AvgIpc) is 3.01. The van der Waals surface area contributed by atoms with Crippen LogP contribution in [0.4, 0.5) is 5.82 Å². The predicted octanol–water partition coefficient (Wildman–Crippen LogP) is 5.66. The van der Waals surface area contributed by atoms with Crippen molar-refractivity contribution in [3.05, 3.63) is 41.2 Å². The number of aromatic nitrogens is 4. The summed E-state index contributed by atoms with van der Waals surface area (Å²) in [6, 6.07) is 6.51. The third kappa shape index (κ3) is 6.69. The number of hydrogen-bond donors (Lipinski definition) is 2. The smallest absolute Gasteiger partial charge is 0.175 e. The van der Waals surface area contributed by atoms with E-state index in [0.717, 1.165) is 40.8 Å². The number of hydrogen-bond acceptors (Lipinski definition) is 6. The number of aryl methyl sites for hydroxylation is 1. The van der Waals surface area contributed by atoms with Gasteiger partial charge in [-0.15, -0.1) is 0 Å². The molecule has 2 heterocycles. The molecule has 1 aromatic carbocycles. The molecule has 2 aromatic heterocycles. The van der Waals surface area contributed by atoms with Gasteiger partial charge in [-0.1, -0.05) is 70.1 Å². The van der Waals surface area contributed by atoms with Gasteiger partial charge in [0, 0.05) is 22.5 Å². The fraction of sp³-hybridized carbons (Fsp3) is 0.435. The Balaban J connectivity index is 1.91. The standard InChI is InChI=1S/C23H31ClN6S/c1-15(2)26-9-6-10-30-21-19(20(25)27-14-28-21)29-22(30)31-18-12-16(11-17(24)13-18)7-8-23(3,4)5/h7-8,11-15,26H,6,9-10H2,1-5H3,(H2,25,27,28). The number of imidazole rings is 1. The van der Waals surface area contributed by atoms with Gasteiger partial charge in [0.15, 0.2) is 22.1 Å². The summed E-state index contributed by atoms with van der Waals surface area (Å²) in [5.41, 5.74) is 8.63. The minimum absolute atomic E-state index is 0.101. The summed E-state index contributed by atoms with van der Waals surface area (Å²) in [5.74, 6) is 0.394. The zero-order chi connectivity index (χ0) is 22.6. The maximum Gasteiger partial charge on any atom is 0.175 e. The van der Waals surface area contributed by atoms with Crippen molar-refractivity contribution in [3.63, 3.8) is 0 Å². The molecular weight excluding hydrogens is 428 g/mol. The highest BCUT2D eigenvalue weighted by Crippen LogP contribution is 2.33. The zero-order valence-corrected chi connectivity index (χ0v) is 20.4. The van der Waals surface area contributed by atoms with E-state index in [2.05, 4.69) is 72.7 Å². The Kier molecular flexibility index (Phi) is 7.62. The number of allylic oxidation sites excluding steroid dienone is 1. The van der Waals surface area contributed by atoms with Crippen molar-refractivity contribution in [3.8, 4) is 0 Å². The summed E-state index contributed by atoms with van der Waals surface area (Å²) >= 11 is 7.98. The van der Waals surface area contributed by atoms with Crippen molar-refractivity contribution in [1.82, 2.24) is 24.8 Å². The first-order valence-electron chi connectivity index (χ1n) is 10.5. The Hall–Kier alpha value is -2.09. The third-order valence-electron chi connectivity index (χ3n) is 4.51. The molecule has 166 valence electrons. The van der Waals surface area contributed by atoms with Crippen molar-refractivity contribution < 1.29 is 0 Å². The van der Waals surface area contributed by atoms with Crippen LogP contribution in [0.1, 0.15) is 46.6 Å². The van der Waals surface area contributed by atoms with Crippen molar-refractivity contribution in [2.75, 3.05) is 12.3 Å². The maximum atomic E-state index is 6.42. The Labute approximate surface area is 193 Å². The van der Waals surface area contributed by atoms with Gasteiger partial charge in [-0.25, -0.2) is 15.0 Å². The first kappa shape index (κ1) is 23.6. The van der Waals surface area contributed by atoms with Crippen LogP contribution in [-0.2, 0) is 6.54 Å². The zero-order valence-electron chi connectivity index (χ0n) is 18.8. The molecule has 6 nitrogen and oxygen atoms in total. The summed E-state index contributed by atoms with van der Waals surface area (Å²) < 4.78 is 2.12. The topological polar surface area (TPSA) is 81.7 Å². The lowest BCUT2D eigenvalue weighted by molar-refractivity contribution is 0.525. The van der Waals surface area contributed by atoms with Crippen LogP contribution >= 0.6 is 23.4 Å². The summed E-state index contributed by atoms with van der Waals surface area (Å²) in [7, 11) is 0.